The summed E-state index contributed by atoms with van der Waals surface area (Å²) in [7, 11) is 0. The van der Waals surface area contributed by atoms with Crippen molar-refractivity contribution in [1.29, 1.82) is 0 Å². The second-order valence-corrected chi connectivity index (χ2v) is 7.23. The molecule has 1 aliphatic heterocycles. The van der Waals surface area contributed by atoms with E-state index in [9.17, 15) is 9.59 Å². The van der Waals surface area contributed by atoms with Crippen molar-refractivity contribution < 1.29 is 9.59 Å². The average Bonchev–Trinajstić information content (AvgIpc) is 3.05. The maximum Gasteiger partial charge on any atom is 0.263 e. The lowest BCUT2D eigenvalue weighted by Crippen LogP contribution is -2.33. The second-order valence-electron chi connectivity index (χ2n) is 6.20. The Kier molecular flexibility index (Phi) is 6.17. The van der Waals surface area contributed by atoms with Gasteiger partial charge in [0.25, 0.3) is 5.91 Å². The zero-order valence-corrected chi connectivity index (χ0v) is 15.1. The lowest BCUT2D eigenvalue weighted by molar-refractivity contribution is -0.130. The van der Waals surface area contributed by atoms with E-state index in [2.05, 4.69) is 10.3 Å². The molecular weight excluding hydrogens is 334 g/mol. The molecule has 132 valence electrons. The number of nitrogens with zero attached hydrogens (tertiary/aromatic N) is 2. The minimum atomic E-state index is -0.0955. The molecule has 2 aromatic rings. The number of thiazole rings is 1. The first kappa shape index (κ1) is 17.6. The van der Waals surface area contributed by atoms with Gasteiger partial charge in [0.1, 0.15) is 9.88 Å². The van der Waals surface area contributed by atoms with Crippen molar-refractivity contribution >= 4 is 23.2 Å². The number of carbonyl (C=O) groups is 2. The van der Waals surface area contributed by atoms with Crippen LogP contribution in [0, 0.1) is 0 Å². The molecule has 6 heteroatoms. The van der Waals surface area contributed by atoms with Gasteiger partial charge in [0.15, 0.2) is 0 Å². The molecule has 0 saturated carbocycles. The first-order valence-electron chi connectivity index (χ1n) is 8.81. The molecule has 0 radical (unpaired) electrons. The standard InChI is InChI=1S/C19H23N3O2S/c23-17-10-5-2-6-12-22(17)13-7-11-20-18(24)16-14-21-19(25-16)15-8-3-1-4-9-15/h1,3-4,8-9,14H,2,5-7,10-13H2,(H,20,24). The highest BCUT2D eigenvalue weighted by molar-refractivity contribution is 7.16. The average molecular weight is 357 g/mol. The van der Waals surface area contributed by atoms with Gasteiger partial charge in [-0.1, -0.05) is 36.8 Å². The first-order valence-corrected chi connectivity index (χ1v) is 9.63. The predicted octanol–water partition coefficient (Wildman–Crippen LogP) is 3.33. The van der Waals surface area contributed by atoms with Crippen molar-refractivity contribution in [3.8, 4) is 10.6 Å². The van der Waals surface area contributed by atoms with Gasteiger partial charge in [-0.2, -0.15) is 0 Å². The van der Waals surface area contributed by atoms with Crippen molar-refractivity contribution in [3.63, 3.8) is 0 Å². The molecule has 2 heterocycles. The highest BCUT2D eigenvalue weighted by Crippen LogP contribution is 2.24. The fraction of sp³-hybridized carbons (Fsp3) is 0.421. The molecule has 0 aliphatic carbocycles. The Balaban J connectivity index is 1.45. The van der Waals surface area contributed by atoms with Crippen molar-refractivity contribution in [1.82, 2.24) is 15.2 Å². The molecule has 0 atom stereocenters. The maximum absolute atomic E-state index is 12.2. The van der Waals surface area contributed by atoms with Crippen LogP contribution in [0.2, 0.25) is 0 Å². The summed E-state index contributed by atoms with van der Waals surface area (Å²) in [6.45, 7) is 2.14. The highest BCUT2D eigenvalue weighted by atomic mass is 32.1. The highest BCUT2D eigenvalue weighted by Gasteiger charge is 2.16. The molecule has 1 aromatic heterocycles. The SMILES string of the molecule is O=C(NCCCN1CCCCCC1=O)c1cnc(-c2ccccc2)s1. The van der Waals surface area contributed by atoms with Gasteiger partial charge in [0.05, 0.1) is 6.20 Å². The van der Waals surface area contributed by atoms with E-state index in [4.69, 9.17) is 0 Å². The Morgan fingerprint density at radius 2 is 2.04 bits per heavy atom. The number of amides is 2. The fourth-order valence-electron chi connectivity index (χ4n) is 2.93. The van der Waals surface area contributed by atoms with E-state index < -0.39 is 0 Å². The quantitative estimate of drug-likeness (QED) is 0.807. The van der Waals surface area contributed by atoms with Crippen LogP contribution in [0.25, 0.3) is 10.6 Å². The number of hydrogen-bond acceptors (Lipinski definition) is 4. The summed E-state index contributed by atoms with van der Waals surface area (Å²) in [6, 6.07) is 9.85. The molecule has 2 amide bonds. The van der Waals surface area contributed by atoms with Crippen LogP contribution in [-0.4, -0.2) is 41.3 Å². The number of benzene rings is 1. The molecule has 3 rings (SSSR count). The molecule has 1 saturated heterocycles. The van der Waals surface area contributed by atoms with E-state index in [1.54, 1.807) is 6.20 Å². The zero-order valence-electron chi connectivity index (χ0n) is 14.2. The number of hydrogen-bond donors (Lipinski definition) is 1. The summed E-state index contributed by atoms with van der Waals surface area (Å²) in [6.07, 6.45) is 6.29. The summed E-state index contributed by atoms with van der Waals surface area (Å²) in [5.41, 5.74) is 1.02. The number of carbonyl (C=O) groups excluding carboxylic acids is 2. The Morgan fingerprint density at radius 1 is 1.20 bits per heavy atom. The van der Waals surface area contributed by atoms with Crippen LogP contribution < -0.4 is 5.32 Å². The third-order valence-electron chi connectivity index (χ3n) is 4.31. The minimum Gasteiger partial charge on any atom is -0.351 e. The van der Waals surface area contributed by atoms with Crippen LogP contribution in [0.4, 0.5) is 0 Å². The number of likely N-dealkylation sites (tertiary alicyclic amines) is 1. The van der Waals surface area contributed by atoms with E-state index in [0.29, 0.717) is 17.8 Å². The molecule has 0 spiro atoms. The van der Waals surface area contributed by atoms with Gasteiger partial charge in [0.2, 0.25) is 5.91 Å². The van der Waals surface area contributed by atoms with Gasteiger partial charge in [-0.15, -0.1) is 11.3 Å². The summed E-state index contributed by atoms with van der Waals surface area (Å²) < 4.78 is 0. The normalized spacial score (nSPS) is 15.0. The van der Waals surface area contributed by atoms with Crippen molar-refractivity contribution in [2.75, 3.05) is 19.6 Å². The number of nitrogens with one attached hydrogen (secondary N) is 1. The number of aromatic nitrogens is 1. The van der Waals surface area contributed by atoms with Gasteiger partial charge in [-0.3, -0.25) is 9.59 Å². The molecule has 1 aromatic carbocycles. The van der Waals surface area contributed by atoms with Gasteiger partial charge >= 0.3 is 0 Å². The molecule has 5 nitrogen and oxygen atoms in total. The summed E-state index contributed by atoms with van der Waals surface area (Å²) in [5.74, 6) is 0.153. The van der Waals surface area contributed by atoms with E-state index in [0.717, 1.165) is 49.3 Å². The van der Waals surface area contributed by atoms with Crippen LogP contribution in [0.3, 0.4) is 0 Å². The second kappa shape index (κ2) is 8.76. The first-order chi connectivity index (χ1) is 12.2. The monoisotopic (exact) mass is 357 g/mol. The van der Waals surface area contributed by atoms with Crippen LogP contribution in [0.5, 0.6) is 0 Å². The van der Waals surface area contributed by atoms with E-state index >= 15 is 0 Å². The topological polar surface area (TPSA) is 62.3 Å². The smallest absolute Gasteiger partial charge is 0.263 e. The van der Waals surface area contributed by atoms with E-state index in [-0.39, 0.29) is 11.8 Å². The Labute approximate surface area is 152 Å². The molecule has 1 aliphatic rings. The van der Waals surface area contributed by atoms with Crippen molar-refractivity contribution in [3.05, 3.63) is 41.4 Å². The minimum absolute atomic E-state index is 0.0955. The van der Waals surface area contributed by atoms with Crippen LogP contribution in [-0.2, 0) is 4.79 Å². The Morgan fingerprint density at radius 3 is 2.88 bits per heavy atom. The lowest BCUT2D eigenvalue weighted by Gasteiger charge is -2.20. The molecule has 0 unspecified atom stereocenters. The Hall–Kier alpha value is -2.21. The van der Waals surface area contributed by atoms with Crippen molar-refractivity contribution in [2.24, 2.45) is 0 Å². The van der Waals surface area contributed by atoms with Crippen LogP contribution in [0.1, 0.15) is 41.8 Å². The lowest BCUT2D eigenvalue weighted by atomic mass is 10.2. The van der Waals surface area contributed by atoms with Gasteiger partial charge < -0.3 is 10.2 Å². The van der Waals surface area contributed by atoms with Gasteiger partial charge in [-0.25, -0.2) is 4.98 Å². The van der Waals surface area contributed by atoms with Crippen molar-refractivity contribution in [2.45, 2.75) is 32.1 Å². The molecule has 1 N–H and O–H groups in total. The van der Waals surface area contributed by atoms with Crippen LogP contribution >= 0.6 is 11.3 Å². The fourth-order valence-corrected chi connectivity index (χ4v) is 3.77. The summed E-state index contributed by atoms with van der Waals surface area (Å²) in [4.78, 5) is 31.1. The third-order valence-corrected chi connectivity index (χ3v) is 5.36. The molecular formula is C19H23N3O2S. The van der Waals surface area contributed by atoms with Gasteiger partial charge in [0, 0.05) is 31.6 Å². The maximum atomic E-state index is 12.2. The predicted molar refractivity (Wildman–Crippen MR) is 99.5 cm³/mol. The molecule has 25 heavy (non-hydrogen) atoms. The Bertz CT molecular complexity index is 714. The van der Waals surface area contributed by atoms with Gasteiger partial charge in [-0.05, 0) is 19.3 Å². The number of rotatable bonds is 6. The summed E-state index contributed by atoms with van der Waals surface area (Å²) >= 11 is 1.40. The third kappa shape index (κ3) is 4.89. The van der Waals surface area contributed by atoms with E-state index in [1.165, 1.54) is 11.3 Å². The van der Waals surface area contributed by atoms with Crippen LogP contribution in [0.15, 0.2) is 36.5 Å². The largest absolute Gasteiger partial charge is 0.351 e. The zero-order chi connectivity index (χ0) is 17.5. The molecule has 0 bridgehead atoms. The van der Waals surface area contributed by atoms with E-state index in [1.807, 2.05) is 35.2 Å². The summed E-state index contributed by atoms with van der Waals surface area (Å²) in [5, 5.41) is 3.78. The molecule has 1 fully saturated rings.